The fourth-order valence-electron chi connectivity index (χ4n) is 3.32. The molecule has 0 aliphatic rings. The van der Waals surface area contributed by atoms with Crippen molar-refractivity contribution in [2.24, 2.45) is 5.10 Å². The summed E-state index contributed by atoms with van der Waals surface area (Å²) >= 11 is 9.50. The Hall–Kier alpha value is -3.48. The van der Waals surface area contributed by atoms with Crippen molar-refractivity contribution in [1.29, 1.82) is 0 Å². The van der Waals surface area contributed by atoms with Crippen LogP contribution in [0.3, 0.4) is 0 Å². The fraction of sp³-hybridized carbons (Fsp3) is 0.167. The number of carbonyl (C=O) groups excluding carboxylic acids is 1. The maximum atomic E-state index is 13.7. The summed E-state index contributed by atoms with van der Waals surface area (Å²) < 4.78 is 34.3. The van der Waals surface area contributed by atoms with Crippen LogP contribution in [-0.2, 0) is 14.8 Å². The van der Waals surface area contributed by atoms with Gasteiger partial charge in [-0.25, -0.2) is 13.8 Å². The van der Waals surface area contributed by atoms with E-state index < -0.39 is 27.4 Å². The number of rotatable bonds is 9. The minimum absolute atomic E-state index is 0.0268. The van der Waals surface area contributed by atoms with Crippen molar-refractivity contribution in [2.45, 2.75) is 18.7 Å². The summed E-state index contributed by atoms with van der Waals surface area (Å²) in [6.07, 6.45) is 0. The Labute approximate surface area is 227 Å². The average molecular weight is 610 g/mol. The molecule has 1 amide bonds. The van der Waals surface area contributed by atoms with Crippen molar-refractivity contribution in [1.82, 2.24) is 5.43 Å². The van der Waals surface area contributed by atoms with E-state index in [9.17, 15) is 23.3 Å². The van der Waals surface area contributed by atoms with Crippen LogP contribution in [0.4, 0.5) is 11.4 Å². The summed E-state index contributed by atoms with van der Waals surface area (Å²) in [4.78, 5) is 23.3. The van der Waals surface area contributed by atoms with E-state index in [1.54, 1.807) is 19.1 Å². The van der Waals surface area contributed by atoms with Gasteiger partial charge in [0.05, 0.1) is 28.3 Å². The molecule has 3 aromatic carbocycles. The number of anilines is 1. The second kappa shape index (κ2) is 11.7. The lowest BCUT2D eigenvalue weighted by molar-refractivity contribution is -0.385. The first-order valence-electron chi connectivity index (χ1n) is 10.6. The van der Waals surface area contributed by atoms with E-state index >= 15 is 0 Å². The molecule has 0 spiro atoms. The van der Waals surface area contributed by atoms with Gasteiger partial charge in [0.1, 0.15) is 12.3 Å². The van der Waals surface area contributed by atoms with Crippen molar-refractivity contribution in [3.63, 3.8) is 0 Å². The standard InChI is InChI=1S/C24H22BrClN4O6S/c1-15-7-9-20(13-21(15)30(32)33)37(34,35)29(22-12-19(26)8-10-23(22)36-3)14-24(31)28-27-16(2)17-5-4-6-18(25)11-17/h4-13H,14H2,1-3H3,(H,28,31)/b27-16-. The summed E-state index contributed by atoms with van der Waals surface area (Å²) in [6, 6.07) is 15.0. The molecule has 0 aromatic heterocycles. The van der Waals surface area contributed by atoms with Crippen LogP contribution in [0.5, 0.6) is 5.75 Å². The number of benzene rings is 3. The van der Waals surface area contributed by atoms with E-state index in [4.69, 9.17) is 16.3 Å². The number of hydrogen-bond acceptors (Lipinski definition) is 7. The van der Waals surface area contributed by atoms with Gasteiger partial charge in [-0.05, 0) is 55.8 Å². The van der Waals surface area contributed by atoms with E-state index in [0.29, 0.717) is 5.71 Å². The molecule has 0 saturated heterocycles. The van der Waals surface area contributed by atoms with Gasteiger partial charge in [-0.2, -0.15) is 5.10 Å². The Bertz CT molecular complexity index is 1500. The molecule has 0 aliphatic heterocycles. The molecule has 194 valence electrons. The molecule has 0 saturated carbocycles. The van der Waals surface area contributed by atoms with E-state index in [1.165, 1.54) is 44.4 Å². The molecule has 0 bridgehead atoms. The molecule has 0 fully saturated rings. The predicted molar refractivity (Wildman–Crippen MR) is 145 cm³/mol. The quantitative estimate of drug-likeness (QED) is 0.205. The number of sulfonamides is 1. The van der Waals surface area contributed by atoms with E-state index in [0.717, 1.165) is 20.4 Å². The lowest BCUT2D eigenvalue weighted by Gasteiger charge is -2.25. The third-order valence-corrected chi connectivity index (χ3v) is 7.74. The number of nitrogens with zero attached hydrogens (tertiary/aromatic N) is 3. The van der Waals surface area contributed by atoms with Gasteiger partial charge in [0, 0.05) is 21.1 Å². The molecule has 0 aliphatic carbocycles. The van der Waals surface area contributed by atoms with Gasteiger partial charge in [0.2, 0.25) is 0 Å². The van der Waals surface area contributed by atoms with Crippen molar-refractivity contribution in [3.05, 3.63) is 91.4 Å². The van der Waals surface area contributed by atoms with Crippen molar-refractivity contribution in [2.75, 3.05) is 18.0 Å². The second-order valence-electron chi connectivity index (χ2n) is 7.78. The highest BCUT2D eigenvalue weighted by Crippen LogP contribution is 2.35. The van der Waals surface area contributed by atoms with Crippen LogP contribution in [0.2, 0.25) is 5.02 Å². The Morgan fingerprint density at radius 1 is 1.19 bits per heavy atom. The van der Waals surface area contributed by atoms with Crippen LogP contribution in [0.15, 0.2) is 75.1 Å². The number of nitro benzene ring substituents is 1. The number of aryl methyl sites for hydroxylation is 1. The normalized spacial score (nSPS) is 11.6. The summed E-state index contributed by atoms with van der Waals surface area (Å²) in [7, 11) is -3.16. The molecule has 1 N–H and O–H groups in total. The smallest absolute Gasteiger partial charge is 0.273 e. The second-order valence-corrected chi connectivity index (χ2v) is 11.0. The number of nitrogens with one attached hydrogen (secondary N) is 1. The fourth-order valence-corrected chi connectivity index (χ4v) is 5.33. The molecule has 0 unspecified atom stereocenters. The number of methoxy groups -OCH3 is 1. The number of hydrazone groups is 1. The molecule has 37 heavy (non-hydrogen) atoms. The Morgan fingerprint density at radius 3 is 2.57 bits per heavy atom. The summed E-state index contributed by atoms with van der Waals surface area (Å²) in [5.74, 6) is -0.641. The van der Waals surface area contributed by atoms with E-state index in [1.807, 2.05) is 12.1 Å². The maximum absolute atomic E-state index is 13.7. The van der Waals surface area contributed by atoms with Crippen molar-refractivity contribution in [3.8, 4) is 5.75 Å². The minimum atomic E-state index is -4.49. The molecule has 3 aromatic rings. The number of carbonyl (C=O) groups is 1. The first-order valence-corrected chi connectivity index (χ1v) is 13.3. The topological polar surface area (TPSA) is 131 Å². The van der Waals surface area contributed by atoms with Gasteiger partial charge in [-0.15, -0.1) is 0 Å². The van der Waals surface area contributed by atoms with Gasteiger partial charge < -0.3 is 4.74 Å². The van der Waals surface area contributed by atoms with Gasteiger partial charge in [-0.3, -0.25) is 19.2 Å². The Kier molecular flexibility index (Phi) is 8.89. The highest BCUT2D eigenvalue weighted by Gasteiger charge is 2.31. The van der Waals surface area contributed by atoms with Crippen molar-refractivity contribution >= 4 is 60.5 Å². The van der Waals surface area contributed by atoms with Gasteiger partial charge >= 0.3 is 0 Å². The van der Waals surface area contributed by atoms with Crippen LogP contribution < -0.4 is 14.5 Å². The highest BCUT2D eigenvalue weighted by atomic mass is 79.9. The highest BCUT2D eigenvalue weighted by molar-refractivity contribution is 9.10. The van der Waals surface area contributed by atoms with Crippen LogP contribution in [0.1, 0.15) is 18.1 Å². The maximum Gasteiger partial charge on any atom is 0.273 e. The zero-order valence-electron chi connectivity index (χ0n) is 19.9. The van der Waals surface area contributed by atoms with Crippen LogP contribution in [-0.4, -0.2) is 38.6 Å². The SMILES string of the molecule is COc1ccc(Cl)cc1N(CC(=O)N/N=C(/C)c1cccc(Br)c1)S(=O)(=O)c1ccc(C)c([N+](=O)[O-])c1. The molecule has 0 heterocycles. The molecule has 13 heteroatoms. The van der Waals surface area contributed by atoms with Gasteiger partial charge in [0.15, 0.2) is 0 Å². The molecular weight excluding hydrogens is 588 g/mol. The lowest BCUT2D eigenvalue weighted by atomic mass is 10.1. The molecule has 0 atom stereocenters. The van der Waals surface area contributed by atoms with E-state index in [2.05, 4.69) is 26.5 Å². The predicted octanol–water partition coefficient (Wildman–Crippen LogP) is 5.06. The van der Waals surface area contributed by atoms with E-state index in [-0.39, 0.29) is 32.6 Å². The largest absolute Gasteiger partial charge is 0.495 e. The first-order chi connectivity index (χ1) is 17.4. The summed E-state index contributed by atoms with van der Waals surface area (Å²) in [6.45, 7) is 2.46. The zero-order chi connectivity index (χ0) is 27.3. The molecule has 10 nitrogen and oxygen atoms in total. The Balaban J connectivity index is 2.03. The van der Waals surface area contributed by atoms with Gasteiger partial charge in [0.25, 0.3) is 21.6 Å². The monoisotopic (exact) mass is 608 g/mol. The average Bonchev–Trinajstić information content (AvgIpc) is 2.85. The molecule has 0 radical (unpaired) electrons. The first kappa shape index (κ1) is 28.1. The lowest BCUT2D eigenvalue weighted by Crippen LogP contribution is -2.40. The van der Waals surface area contributed by atoms with Crippen LogP contribution in [0.25, 0.3) is 0 Å². The minimum Gasteiger partial charge on any atom is -0.495 e. The third kappa shape index (κ3) is 6.64. The molecule has 3 rings (SSSR count). The van der Waals surface area contributed by atoms with Crippen LogP contribution >= 0.6 is 27.5 Å². The number of hydrogen-bond donors (Lipinski definition) is 1. The zero-order valence-corrected chi connectivity index (χ0v) is 23.1. The number of amides is 1. The Morgan fingerprint density at radius 2 is 1.92 bits per heavy atom. The third-order valence-electron chi connectivity index (χ3n) is 5.25. The number of ether oxygens (including phenoxy) is 1. The number of nitro groups is 1. The van der Waals surface area contributed by atoms with Crippen molar-refractivity contribution < 1.29 is 22.9 Å². The summed E-state index contributed by atoms with van der Waals surface area (Å²) in [5, 5.41) is 15.7. The molecular formula is C24H22BrClN4O6S. The summed E-state index contributed by atoms with van der Waals surface area (Å²) in [5.41, 5.74) is 3.46. The van der Waals surface area contributed by atoms with Crippen LogP contribution in [0, 0.1) is 17.0 Å². The number of halogens is 2. The van der Waals surface area contributed by atoms with Gasteiger partial charge in [-0.1, -0.05) is 45.7 Å².